The van der Waals surface area contributed by atoms with E-state index in [4.69, 9.17) is 22.1 Å². The predicted molar refractivity (Wildman–Crippen MR) is 123 cm³/mol. The van der Waals surface area contributed by atoms with Gasteiger partial charge in [-0.05, 0) is 56.7 Å². The van der Waals surface area contributed by atoms with Crippen LogP contribution in [0.25, 0.3) is 0 Å². The summed E-state index contributed by atoms with van der Waals surface area (Å²) in [5.74, 6) is -2.05. The molecule has 4 N–H and O–H groups in total. The van der Waals surface area contributed by atoms with Gasteiger partial charge in [-0.3, -0.25) is 14.4 Å². The quantitative estimate of drug-likeness (QED) is 0.547. The molecule has 0 spiro atoms. The number of aromatic amines is 1. The molecule has 1 aliphatic carbocycles. The average molecular weight is 492 g/mol. The number of ether oxygens (including phenoxy) is 1. The first-order chi connectivity index (χ1) is 16.3. The molecule has 34 heavy (non-hydrogen) atoms. The van der Waals surface area contributed by atoms with E-state index in [0.717, 1.165) is 18.9 Å². The Morgan fingerprint density at radius 3 is 2.65 bits per heavy atom. The summed E-state index contributed by atoms with van der Waals surface area (Å²) in [6.07, 6.45) is 5.33. The van der Waals surface area contributed by atoms with Gasteiger partial charge >= 0.3 is 0 Å². The van der Waals surface area contributed by atoms with Crippen molar-refractivity contribution in [2.24, 2.45) is 11.7 Å². The van der Waals surface area contributed by atoms with Crippen LogP contribution in [0.5, 0.6) is 0 Å². The van der Waals surface area contributed by atoms with E-state index >= 15 is 0 Å². The summed E-state index contributed by atoms with van der Waals surface area (Å²) in [6.45, 7) is 1.05. The molecule has 2 aromatic rings. The zero-order valence-corrected chi connectivity index (χ0v) is 19.3. The van der Waals surface area contributed by atoms with E-state index in [1.54, 1.807) is 4.90 Å². The maximum Gasteiger partial charge on any atom is 0.273 e. The van der Waals surface area contributed by atoms with Gasteiger partial charge < -0.3 is 25.7 Å². The van der Waals surface area contributed by atoms with Crippen LogP contribution >= 0.6 is 11.6 Å². The third-order valence-electron chi connectivity index (χ3n) is 6.47. The molecule has 0 radical (unpaired) electrons. The molecule has 2 aliphatic rings. The van der Waals surface area contributed by atoms with Crippen molar-refractivity contribution in [1.82, 2.24) is 14.9 Å². The molecule has 1 aromatic carbocycles. The Balaban J connectivity index is 1.43. The van der Waals surface area contributed by atoms with Gasteiger partial charge in [0.05, 0.1) is 23.1 Å². The van der Waals surface area contributed by atoms with E-state index in [2.05, 4.69) is 15.3 Å². The van der Waals surface area contributed by atoms with E-state index < -0.39 is 11.7 Å². The standard InChI is InChI=1S/C23H27ClFN5O4/c24-17-10-14(25)5-8-18(17)29-22(32)13-3-6-15(7-4-13)30(11-16-2-1-9-34-16)23(33)20-19(21(26)31)27-12-28-20/h5,8,10,12-13,15-16H,1-4,6-7,9,11H2,(H2,26,31)(H,27,28)(H,29,32)/t13?,15?,16-/m1/s1. The Hall–Kier alpha value is -2.98. The smallest absolute Gasteiger partial charge is 0.273 e. The Labute approximate surface area is 201 Å². The van der Waals surface area contributed by atoms with Crippen molar-refractivity contribution in [1.29, 1.82) is 0 Å². The highest BCUT2D eigenvalue weighted by Gasteiger charge is 2.35. The lowest BCUT2D eigenvalue weighted by Crippen LogP contribution is -2.47. The van der Waals surface area contributed by atoms with Crippen molar-refractivity contribution in [3.05, 3.63) is 46.8 Å². The summed E-state index contributed by atoms with van der Waals surface area (Å²) in [6, 6.07) is 3.70. The minimum absolute atomic E-state index is 0.0660. The lowest BCUT2D eigenvalue weighted by molar-refractivity contribution is -0.121. The van der Waals surface area contributed by atoms with Crippen molar-refractivity contribution < 1.29 is 23.5 Å². The van der Waals surface area contributed by atoms with Gasteiger partial charge in [0.1, 0.15) is 11.5 Å². The molecule has 182 valence electrons. The molecule has 1 aromatic heterocycles. The molecule has 1 atom stereocenters. The summed E-state index contributed by atoms with van der Waals surface area (Å²) in [5.41, 5.74) is 5.72. The van der Waals surface area contributed by atoms with Crippen molar-refractivity contribution >= 4 is 35.0 Å². The first-order valence-electron chi connectivity index (χ1n) is 11.3. The molecule has 1 saturated carbocycles. The van der Waals surface area contributed by atoms with Crippen molar-refractivity contribution in [2.45, 2.75) is 50.7 Å². The second-order valence-corrected chi connectivity index (χ2v) is 9.11. The van der Waals surface area contributed by atoms with Crippen LogP contribution < -0.4 is 11.1 Å². The molecular formula is C23H27ClFN5O4. The highest BCUT2D eigenvalue weighted by Crippen LogP contribution is 2.31. The molecule has 11 heteroatoms. The first kappa shape index (κ1) is 24.2. The number of carbonyl (C=O) groups excluding carboxylic acids is 3. The molecule has 9 nitrogen and oxygen atoms in total. The van der Waals surface area contributed by atoms with Crippen molar-refractivity contribution in [3.63, 3.8) is 0 Å². The van der Waals surface area contributed by atoms with Crippen molar-refractivity contribution in [3.8, 4) is 0 Å². The van der Waals surface area contributed by atoms with E-state index in [0.29, 0.717) is 44.5 Å². The van der Waals surface area contributed by atoms with Crippen LogP contribution in [0.15, 0.2) is 24.5 Å². The maximum atomic E-state index is 13.4. The highest BCUT2D eigenvalue weighted by molar-refractivity contribution is 6.33. The van der Waals surface area contributed by atoms with Gasteiger partial charge in [0, 0.05) is 25.1 Å². The van der Waals surface area contributed by atoms with Crippen LogP contribution in [0.2, 0.25) is 5.02 Å². The van der Waals surface area contributed by atoms with Gasteiger partial charge in [0.25, 0.3) is 11.8 Å². The number of nitrogens with one attached hydrogen (secondary N) is 2. The third-order valence-corrected chi connectivity index (χ3v) is 6.78. The molecule has 0 unspecified atom stereocenters. The SMILES string of the molecule is NC(=O)c1nc[nH]c1C(=O)N(C[C@H]1CCCO1)C1CCC(C(=O)Nc2ccc(F)cc2Cl)CC1. The number of primary amides is 1. The number of rotatable bonds is 7. The van der Waals surface area contributed by atoms with Gasteiger partial charge in [0.15, 0.2) is 5.69 Å². The number of aromatic nitrogens is 2. The molecule has 2 heterocycles. The molecular weight excluding hydrogens is 465 g/mol. The fourth-order valence-electron chi connectivity index (χ4n) is 4.67. The number of anilines is 1. The minimum Gasteiger partial charge on any atom is -0.376 e. The number of hydrogen-bond acceptors (Lipinski definition) is 5. The normalized spacial score (nSPS) is 22.4. The van der Waals surface area contributed by atoms with E-state index in [1.807, 2.05) is 0 Å². The highest BCUT2D eigenvalue weighted by atomic mass is 35.5. The number of halogens is 2. The van der Waals surface area contributed by atoms with Gasteiger partial charge in [0.2, 0.25) is 5.91 Å². The molecule has 4 rings (SSSR count). The summed E-state index contributed by atoms with van der Waals surface area (Å²) in [4.78, 5) is 46.2. The molecule has 3 amide bonds. The number of carbonyl (C=O) groups is 3. The van der Waals surface area contributed by atoms with E-state index in [-0.39, 0.29) is 46.3 Å². The minimum atomic E-state index is -0.776. The number of H-pyrrole nitrogens is 1. The van der Waals surface area contributed by atoms with Gasteiger partial charge in [-0.1, -0.05) is 11.6 Å². The molecule has 2 fully saturated rings. The maximum absolute atomic E-state index is 13.4. The molecule has 1 aliphatic heterocycles. The number of benzene rings is 1. The summed E-state index contributed by atoms with van der Waals surface area (Å²) in [7, 11) is 0. The fourth-order valence-corrected chi connectivity index (χ4v) is 4.88. The monoisotopic (exact) mass is 491 g/mol. The zero-order valence-electron chi connectivity index (χ0n) is 18.6. The van der Waals surface area contributed by atoms with Crippen LogP contribution in [0.3, 0.4) is 0 Å². The predicted octanol–water partition coefficient (Wildman–Crippen LogP) is 3.12. The number of nitrogens with zero attached hydrogens (tertiary/aromatic N) is 2. The Morgan fingerprint density at radius 2 is 2.00 bits per heavy atom. The van der Waals surface area contributed by atoms with E-state index in [9.17, 15) is 18.8 Å². The van der Waals surface area contributed by atoms with Crippen LogP contribution in [-0.2, 0) is 9.53 Å². The number of hydrogen-bond donors (Lipinski definition) is 3. The molecule has 1 saturated heterocycles. The van der Waals surface area contributed by atoms with Gasteiger partial charge in [-0.2, -0.15) is 0 Å². The Kier molecular flexibility index (Phi) is 7.47. The van der Waals surface area contributed by atoms with Crippen LogP contribution in [0.1, 0.15) is 59.5 Å². The van der Waals surface area contributed by atoms with Crippen LogP contribution in [-0.4, -0.2) is 57.9 Å². The second-order valence-electron chi connectivity index (χ2n) is 8.70. The topological polar surface area (TPSA) is 130 Å². The zero-order chi connectivity index (χ0) is 24.2. The summed E-state index contributed by atoms with van der Waals surface area (Å²) in [5, 5.41) is 2.91. The summed E-state index contributed by atoms with van der Waals surface area (Å²) < 4.78 is 19.0. The molecule has 0 bridgehead atoms. The Morgan fingerprint density at radius 1 is 1.24 bits per heavy atom. The lowest BCUT2D eigenvalue weighted by Gasteiger charge is -2.37. The van der Waals surface area contributed by atoms with Crippen LogP contribution in [0, 0.1) is 11.7 Å². The van der Waals surface area contributed by atoms with Gasteiger partial charge in [-0.25, -0.2) is 9.37 Å². The fraction of sp³-hybridized carbons (Fsp3) is 0.478. The third kappa shape index (κ3) is 5.39. The number of amides is 3. The largest absolute Gasteiger partial charge is 0.376 e. The lowest BCUT2D eigenvalue weighted by atomic mass is 9.84. The summed E-state index contributed by atoms with van der Waals surface area (Å²) >= 11 is 6.03. The average Bonchev–Trinajstić information content (AvgIpc) is 3.51. The second kappa shape index (κ2) is 10.5. The van der Waals surface area contributed by atoms with Crippen LogP contribution in [0.4, 0.5) is 10.1 Å². The van der Waals surface area contributed by atoms with E-state index in [1.165, 1.54) is 18.5 Å². The Bertz CT molecular complexity index is 1060. The van der Waals surface area contributed by atoms with Crippen molar-refractivity contribution in [2.75, 3.05) is 18.5 Å². The van der Waals surface area contributed by atoms with Gasteiger partial charge in [-0.15, -0.1) is 0 Å². The number of nitrogens with two attached hydrogens (primary N) is 1. The first-order valence-corrected chi connectivity index (χ1v) is 11.7. The number of imidazole rings is 1.